The Kier molecular flexibility index (Phi) is 3.38. The fraction of sp³-hybridized carbons (Fsp3) is 0.550. The topological polar surface area (TPSA) is 38.3 Å². The molecule has 1 heterocycles. The minimum atomic E-state index is -0.0361. The third-order valence-electron chi connectivity index (χ3n) is 6.64. The van der Waals surface area contributed by atoms with Gasteiger partial charge in [0, 0.05) is 19.2 Å². The van der Waals surface area contributed by atoms with Crippen LogP contribution in [-0.4, -0.2) is 12.5 Å². The number of benzene rings is 1. The van der Waals surface area contributed by atoms with Crippen molar-refractivity contribution in [2.45, 2.75) is 39.2 Å². The van der Waals surface area contributed by atoms with Crippen molar-refractivity contribution in [3.8, 4) is 0 Å². The van der Waals surface area contributed by atoms with E-state index in [9.17, 15) is 4.79 Å². The molecule has 1 amide bonds. The molecule has 1 N–H and O–H groups in total. The van der Waals surface area contributed by atoms with Crippen LogP contribution in [-0.2, 0) is 9.53 Å². The van der Waals surface area contributed by atoms with E-state index in [0.29, 0.717) is 23.2 Å². The highest BCUT2D eigenvalue weighted by Crippen LogP contribution is 2.68. The average Bonchev–Trinajstić information content (AvgIpc) is 3.03. The zero-order valence-corrected chi connectivity index (χ0v) is 14.0. The molecule has 1 saturated heterocycles. The molecule has 4 rings (SSSR count). The number of nitrogens with one attached hydrogen (secondary N) is 1. The van der Waals surface area contributed by atoms with Gasteiger partial charge in [-0.1, -0.05) is 31.2 Å². The van der Waals surface area contributed by atoms with Crippen molar-refractivity contribution >= 4 is 11.6 Å². The molecule has 3 heteroatoms. The number of anilines is 1. The zero-order valence-electron chi connectivity index (χ0n) is 14.0. The molecule has 0 radical (unpaired) electrons. The number of allylic oxidation sites excluding steroid dienone is 1. The van der Waals surface area contributed by atoms with Gasteiger partial charge < -0.3 is 10.1 Å². The van der Waals surface area contributed by atoms with E-state index in [4.69, 9.17) is 4.74 Å². The van der Waals surface area contributed by atoms with Crippen LogP contribution in [0.1, 0.15) is 44.8 Å². The molecule has 2 bridgehead atoms. The third kappa shape index (κ3) is 2.17. The Hall–Kier alpha value is -1.61. The second kappa shape index (κ2) is 5.20. The Labute approximate surface area is 138 Å². The monoisotopic (exact) mass is 311 g/mol. The Morgan fingerprint density at radius 3 is 2.74 bits per heavy atom. The molecule has 1 aliphatic heterocycles. The predicted molar refractivity (Wildman–Crippen MR) is 91.0 cm³/mol. The van der Waals surface area contributed by atoms with E-state index >= 15 is 0 Å². The SMILES string of the molecule is C=C1[C@@H]2C[C@@H]3[C@@H](c4ccc(NC(C)=O)cc4)OCCC3(C2)[C@@H]1C. The van der Waals surface area contributed by atoms with Crippen molar-refractivity contribution in [3.63, 3.8) is 0 Å². The number of rotatable bonds is 2. The molecule has 1 aromatic rings. The van der Waals surface area contributed by atoms with Crippen molar-refractivity contribution in [1.29, 1.82) is 0 Å². The summed E-state index contributed by atoms with van der Waals surface area (Å²) in [5.41, 5.74) is 3.97. The molecular formula is C20H25NO2. The van der Waals surface area contributed by atoms with Crippen LogP contribution < -0.4 is 5.32 Å². The number of carbonyl (C=O) groups excluding carboxylic acids is 1. The summed E-state index contributed by atoms with van der Waals surface area (Å²) in [4.78, 5) is 11.2. The summed E-state index contributed by atoms with van der Waals surface area (Å²) in [6, 6.07) is 8.19. The molecule has 23 heavy (non-hydrogen) atoms. The number of ether oxygens (including phenoxy) is 1. The highest BCUT2D eigenvalue weighted by molar-refractivity contribution is 5.88. The summed E-state index contributed by atoms with van der Waals surface area (Å²) in [5, 5.41) is 2.83. The minimum absolute atomic E-state index is 0.0361. The van der Waals surface area contributed by atoms with Crippen LogP contribution >= 0.6 is 0 Å². The van der Waals surface area contributed by atoms with Crippen LogP contribution in [0.4, 0.5) is 5.69 Å². The number of hydrogen-bond acceptors (Lipinski definition) is 2. The van der Waals surface area contributed by atoms with Crippen molar-refractivity contribution < 1.29 is 9.53 Å². The number of fused-ring (bicyclic) bond motifs is 1. The molecule has 3 nitrogen and oxygen atoms in total. The van der Waals surface area contributed by atoms with Crippen molar-refractivity contribution in [1.82, 2.24) is 0 Å². The van der Waals surface area contributed by atoms with Crippen molar-refractivity contribution in [3.05, 3.63) is 42.0 Å². The molecule has 1 aromatic carbocycles. The van der Waals surface area contributed by atoms with E-state index < -0.39 is 0 Å². The highest BCUT2D eigenvalue weighted by atomic mass is 16.5. The Morgan fingerprint density at radius 1 is 1.35 bits per heavy atom. The normalized spacial score (nSPS) is 38.4. The summed E-state index contributed by atoms with van der Waals surface area (Å²) in [7, 11) is 0. The Bertz CT molecular complexity index is 650. The van der Waals surface area contributed by atoms with Crippen LogP contribution in [0.5, 0.6) is 0 Å². The molecule has 0 aromatic heterocycles. The first kappa shape index (κ1) is 14.9. The quantitative estimate of drug-likeness (QED) is 0.826. The second-order valence-electron chi connectivity index (χ2n) is 7.62. The van der Waals surface area contributed by atoms with Gasteiger partial charge in [-0.15, -0.1) is 0 Å². The number of carbonyl (C=O) groups is 1. The largest absolute Gasteiger partial charge is 0.373 e. The van der Waals surface area contributed by atoms with Crippen LogP contribution in [0.3, 0.4) is 0 Å². The molecule has 2 saturated carbocycles. The lowest BCUT2D eigenvalue weighted by molar-refractivity contribution is -0.114. The summed E-state index contributed by atoms with van der Waals surface area (Å²) in [6.07, 6.45) is 3.90. The maximum atomic E-state index is 11.2. The van der Waals surface area contributed by atoms with Gasteiger partial charge in [-0.05, 0) is 60.1 Å². The molecule has 122 valence electrons. The van der Waals surface area contributed by atoms with Gasteiger partial charge in [0.25, 0.3) is 0 Å². The first-order chi connectivity index (χ1) is 11.0. The van der Waals surface area contributed by atoms with E-state index in [1.54, 1.807) is 0 Å². The molecule has 2 aliphatic carbocycles. The lowest BCUT2D eigenvalue weighted by atomic mass is 9.62. The summed E-state index contributed by atoms with van der Waals surface area (Å²) in [6.45, 7) is 9.11. The van der Waals surface area contributed by atoms with Gasteiger partial charge in [0.05, 0.1) is 6.10 Å². The molecule has 3 fully saturated rings. The van der Waals surface area contributed by atoms with Crippen LogP contribution in [0.15, 0.2) is 36.4 Å². The molecular weight excluding hydrogens is 286 g/mol. The fourth-order valence-corrected chi connectivity index (χ4v) is 5.45. The first-order valence-electron chi connectivity index (χ1n) is 8.69. The average molecular weight is 311 g/mol. The third-order valence-corrected chi connectivity index (χ3v) is 6.64. The van der Waals surface area contributed by atoms with E-state index in [2.05, 4.69) is 31.0 Å². The van der Waals surface area contributed by atoms with Crippen LogP contribution in [0.25, 0.3) is 0 Å². The summed E-state index contributed by atoms with van der Waals surface area (Å²) < 4.78 is 6.21. The van der Waals surface area contributed by atoms with Crippen molar-refractivity contribution in [2.24, 2.45) is 23.2 Å². The van der Waals surface area contributed by atoms with Crippen LogP contribution in [0, 0.1) is 23.2 Å². The molecule has 1 unspecified atom stereocenters. The second-order valence-corrected chi connectivity index (χ2v) is 7.62. The fourth-order valence-electron chi connectivity index (χ4n) is 5.45. The number of amides is 1. The first-order valence-corrected chi connectivity index (χ1v) is 8.69. The van der Waals surface area contributed by atoms with E-state index in [-0.39, 0.29) is 12.0 Å². The lowest BCUT2D eigenvalue weighted by Crippen LogP contribution is -2.42. The summed E-state index contributed by atoms with van der Waals surface area (Å²) in [5.74, 6) is 1.88. The van der Waals surface area contributed by atoms with Crippen molar-refractivity contribution in [2.75, 3.05) is 11.9 Å². The predicted octanol–water partition coefficient (Wildman–Crippen LogP) is 4.32. The van der Waals surface area contributed by atoms with Gasteiger partial charge >= 0.3 is 0 Å². The van der Waals surface area contributed by atoms with E-state index in [1.165, 1.54) is 37.3 Å². The van der Waals surface area contributed by atoms with Gasteiger partial charge in [-0.2, -0.15) is 0 Å². The van der Waals surface area contributed by atoms with Gasteiger partial charge in [0.1, 0.15) is 0 Å². The van der Waals surface area contributed by atoms with E-state index in [1.807, 2.05) is 12.1 Å². The summed E-state index contributed by atoms with van der Waals surface area (Å²) >= 11 is 0. The Morgan fingerprint density at radius 2 is 2.09 bits per heavy atom. The zero-order chi connectivity index (χ0) is 16.2. The maximum Gasteiger partial charge on any atom is 0.221 e. The highest BCUT2D eigenvalue weighted by Gasteiger charge is 2.61. The van der Waals surface area contributed by atoms with Gasteiger partial charge in [0.15, 0.2) is 0 Å². The standard InChI is InChI=1S/C20H25NO2/c1-12-13(2)20-8-9-23-19(18(20)10-16(12)11-20)15-4-6-17(7-5-15)21-14(3)22/h4-7,13,16,18-19H,1,8-11H2,2-3H3,(H,21,22)/t13-,16-,18-,19-,20?/m1/s1. The molecule has 1 spiro atoms. The maximum absolute atomic E-state index is 11.2. The van der Waals surface area contributed by atoms with Gasteiger partial charge in [0.2, 0.25) is 5.91 Å². The number of hydrogen-bond donors (Lipinski definition) is 1. The smallest absolute Gasteiger partial charge is 0.221 e. The van der Waals surface area contributed by atoms with E-state index in [0.717, 1.165) is 12.3 Å². The lowest BCUT2D eigenvalue weighted by Gasteiger charge is -2.48. The van der Waals surface area contributed by atoms with Crippen LogP contribution in [0.2, 0.25) is 0 Å². The Balaban J connectivity index is 1.60. The minimum Gasteiger partial charge on any atom is -0.373 e. The van der Waals surface area contributed by atoms with Gasteiger partial charge in [-0.3, -0.25) is 4.79 Å². The van der Waals surface area contributed by atoms with Gasteiger partial charge in [-0.25, -0.2) is 0 Å². The molecule has 5 atom stereocenters. The molecule has 3 aliphatic rings.